The van der Waals surface area contributed by atoms with E-state index in [9.17, 15) is 0 Å². The molecule has 0 bridgehead atoms. The molecule has 1 saturated carbocycles. The Hall–Kier alpha value is -0.890. The predicted molar refractivity (Wildman–Crippen MR) is 70.9 cm³/mol. The van der Waals surface area contributed by atoms with Gasteiger partial charge in [0.25, 0.3) is 0 Å². The molecule has 16 heavy (non-hydrogen) atoms. The van der Waals surface area contributed by atoms with Crippen molar-refractivity contribution in [2.45, 2.75) is 32.6 Å². The number of hydrogen-bond donors (Lipinski definition) is 0. The van der Waals surface area contributed by atoms with Crippen LogP contribution in [0.4, 0.5) is 0 Å². The van der Waals surface area contributed by atoms with E-state index in [2.05, 4.69) is 48.0 Å². The zero-order valence-corrected chi connectivity index (χ0v) is 11.1. The Morgan fingerprint density at radius 1 is 1.19 bits per heavy atom. The average molecular weight is 276 g/mol. The molecule has 1 heterocycles. The van der Waals surface area contributed by atoms with Crippen molar-refractivity contribution in [3.63, 3.8) is 0 Å². The van der Waals surface area contributed by atoms with Crippen molar-refractivity contribution in [2.24, 2.45) is 0 Å². The maximum atomic E-state index is 4.83. The molecule has 82 valence electrons. The van der Waals surface area contributed by atoms with Crippen LogP contribution in [0.25, 0.3) is 10.9 Å². The van der Waals surface area contributed by atoms with Crippen molar-refractivity contribution in [2.75, 3.05) is 0 Å². The Morgan fingerprint density at radius 2 is 1.94 bits per heavy atom. The average Bonchev–Trinajstić information content (AvgIpc) is 3.07. The first-order chi connectivity index (χ1) is 7.66. The van der Waals surface area contributed by atoms with E-state index in [0.717, 1.165) is 15.9 Å². The summed E-state index contributed by atoms with van der Waals surface area (Å²) in [4.78, 5) is 4.83. The smallest absolute Gasteiger partial charge is 0.0719 e. The summed E-state index contributed by atoms with van der Waals surface area (Å²) in [6.07, 6.45) is 2.62. The summed E-state index contributed by atoms with van der Waals surface area (Å²) in [5.41, 5.74) is 5.22. The fourth-order valence-corrected chi connectivity index (χ4v) is 2.63. The Bertz CT molecular complexity index is 570. The first-order valence-electron chi connectivity index (χ1n) is 5.73. The van der Waals surface area contributed by atoms with Crippen molar-refractivity contribution in [1.82, 2.24) is 4.98 Å². The first-order valence-corrected chi connectivity index (χ1v) is 6.52. The van der Waals surface area contributed by atoms with Gasteiger partial charge in [-0.05, 0) is 49.9 Å². The molecule has 0 aliphatic heterocycles. The highest BCUT2D eigenvalue weighted by Crippen LogP contribution is 2.42. The van der Waals surface area contributed by atoms with Crippen LogP contribution in [0.15, 0.2) is 22.7 Å². The van der Waals surface area contributed by atoms with Gasteiger partial charge in [-0.3, -0.25) is 4.98 Å². The van der Waals surface area contributed by atoms with Crippen LogP contribution in [-0.2, 0) is 0 Å². The Balaban J connectivity index is 2.33. The molecule has 1 aliphatic carbocycles. The number of benzene rings is 1. The van der Waals surface area contributed by atoms with Crippen LogP contribution in [0.2, 0.25) is 0 Å². The molecule has 1 aromatic carbocycles. The predicted octanol–water partition coefficient (Wildman–Crippen LogP) is 4.49. The minimum Gasteiger partial charge on any atom is -0.252 e. The maximum Gasteiger partial charge on any atom is 0.0719 e. The fourth-order valence-electron chi connectivity index (χ4n) is 2.28. The molecule has 1 nitrogen and oxygen atoms in total. The number of pyridine rings is 1. The standard InChI is InChI=1S/C14H14BrN/c1-8-9(2)14(10-3-4-10)16-13-7-11(15)5-6-12(8)13/h5-7,10H,3-4H2,1-2H3. The van der Waals surface area contributed by atoms with Crippen molar-refractivity contribution in [3.8, 4) is 0 Å². The number of aromatic nitrogens is 1. The summed E-state index contributed by atoms with van der Waals surface area (Å²) in [6.45, 7) is 4.41. The highest BCUT2D eigenvalue weighted by molar-refractivity contribution is 9.10. The fraction of sp³-hybridized carbons (Fsp3) is 0.357. The van der Waals surface area contributed by atoms with E-state index in [0.29, 0.717) is 0 Å². The van der Waals surface area contributed by atoms with Gasteiger partial charge in [0.2, 0.25) is 0 Å². The van der Waals surface area contributed by atoms with Crippen LogP contribution in [0.1, 0.15) is 35.6 Å². The van der Waals surface area contributed by atoms with Gasteiger partial charge in [0.1, 0.15) is 0 Å². The third-order valence-electron chi connectivity index (χ3n) is 3.52. The molecule has 0 unspecified atom stereocenters. The minimum absolute atomic E-state index is 0.724. The lowest BCUT2D eigenvalue weighted by molar-refractivity contribution is 1.01. The molecule has 0 N–H and O–H groups in total. The second-order valence-corrected chi connectivity index (χ2v) is 5.60. The van der Waals surface area contributed by atoms with Gasteiger partial charge >= 0.3 is 0 Å². The SMILES string of the molecule is Cc1c(C2CC2)nc2cc(Br)ccc2c1C. The van der Waals surface area contributed by atoms with Gasteiger partial charge in [0, 0.05) is 21.5 Å². The number of nitrogens with zero attached hydrogens (tertiary/aromatic N) is 1. The van der Waals surface area contributed by atoms with Crippen molar-refractivity contribution in [3.05, 3.63) is 39.5 Å². The number of aryl methyl sites for hydroxylation is 1. The summed E-state index contributed by atoms with van der Waals surface area (Å²) < 4.78 is 1.11. The first kappa shape index (κ1) is 10.3. The zero-order chi connectivity index (χ0) is 11.3. The van der Waals surface area contributed by atoms with E-state index >= 15 is 0 Å². The molecule has 2 aromatic rings. The van der Waals surface area contributed by atoms with Crippen molar-refractivity contribution in [1.29, 1.82) is 0 Å². The molecule has 0 saturated heterocycles. The van der Waals surface area contributed by atoms with E-state index in [4.69, 9.17) is 4.98 Å². The molecule has 1 aliphatic rings. The van der Waals surface area contributed by atoms with Crippen LogP contribution >= 0.6 is 15.9 Å². The van der Waals surface area contributed by atoms with Crippen LogP contribution in [0.5, 0.6) is 0 Å². The van der Waals surface area contributed by atoms with E-state index in [1.807, 2.05) is 0 Å². The summed E-state index contributed by atoms with van der Waals surface area (Å²) in [6, 6.07) is 6.37. The van der Waals surface area contributed by atoms with Gasteiger partial charge < -0.3 is 0 Å². The summed E-state index contributed by atoms with van der Waals surface area (Å²) >= 11 is 3.51. The lowest BCUT2D eigenvalue weighted by Gasteiger charge is -2.11. The van der Waals surface area contributed by atoms with Gasteiger partial charge in [-0.2, -0.15) is 0 Å². The number of hydrogen-bond acceptors (Lipinski definition) is 1. The highest BCUT2D eigenvalue weighted by atomic mass is 79.9. The van der Waals surface area contributed by atoms with Crippen LogP contribution in [0.3, 0.4) is 0 Å². The highest BCUT2D eigenvalue weighted by Gasteiger charge is 2.27. The molecular formula is C14H14BrN. The quantitative estimate of drug-likeness (QED) is 0.747. The lowest BCUT2D eigenvalue weighted by atomic mass is 10.0. The molecule has 0 amide bonds. The van der Waals surface area contributed by atoms with E-state index in [1.54, 1.807) is 0 Å². The normalized spacial score (nSPS) is 15.7. The topological polar surface area (TPSA) is 12.9 Å². The van der Waals surface area contributed by atoms with E-state index < -0.39 is 0 Å². The largest absolute Gasteiger partial charge is 0.252 e. The molecule has 1 aromatic heterocycles. The van der Waals surface area contributed by atoms with Crippen molar-refractivity contribution < 1.29 is 0 Å². The Morgan fingerprint density at radius 3 is 2.62 bits per heavy atom. The molecule has 0 radical (unpaired) electrons. The number of fused-ring (bicyclic) bond motifs is 1. The Labute approximate surface area is 104 Å². The minimum atomic E-state index is 0.724. The molecular weight excluding hydrogens is 262 g/mol. The second kappa shape index (κ2) is 3.56. The maximum absolute atomic E-state index is 4.83. The van der Waals surface area contributed by atoms with E-state index in [-0.39, 0.29) is 0 Å². The van der Waals surface area contributed by atoms with Gasteiger partial charge in [-0.15, -0.1) is 0 Å². The summed E-state index contributed by atoms with van der Waals surface area (Å²) in [5.74, 6) is 0.724. The third kappa shape index (κ3) is 1.56. The van der Waals surface area contributed by atoms with Gasteiger partial charge in [0.05, 0.1) is 5.52 Å². The number of halogens is 1. The van der Waals surface area contributed by atoms with Gasteiger partial charge in [-0.1, -0.05) is 22.0 Å². The second-order valence-electron chi connectivity index (χ2n) is 4.68. The summed E-state index contributed by atoms with van der Waals surface area (Å²) in [7, 11) is 0. The van der Waals surface area contributed by atoms with Gasteiger partial charge in [-0.25, -0.2) is 0 Å². The summed E-state index contributed by atoms with van der Waals surface area (Å²) in [5, 5.41) is 1.28. The third-order valence-corrected chi connectivity index (χ3v) is 4.01. The molecule has 2 heteroatoms. The molecule has 0 spiro atoms. The molecule has 0 atom stereocenters. The number of rotatable bonds is 1. The van der Waals surface area contributed by atoms with Crippen LogP contribution in [0, 0.1) is 13.8 Å². The molecule has 3 rings (SSSR count). The lowest BCUT2D eigenvalue weighted by Crippen LogP contribution is -1.96. The zero-order valence-electron chi connectivity index (χ0n) is 9.55. The van der Waals surface area contributed by atoms with Crippen molar-refractivity contribution >= 4 is 26.8 Å². The van der Waals surface area contributed by atoms with Crippen LogP contribution in [-0.4, -0.2) is 4.98 Å². The van der Waals surface area contributed by atoms with E-state index in [1.165, 1.54) is 35.0 Å². The monoisotopic (exact) mass is 275 g/mol. The molecule has 1 fully saturated rings. The van der Waals surface area contributed by atoms with Crippen LogP contribution < -0.4 is 0 Å². The van der Waals surface area contributed by atoms with Gasteiger partial charge in [0.15, 0.2) is 0 Å². The Kier molecular flexibility index (Phi) is 2.28.